The number of aryl methyl sites for hydroxylation is 1. The maximum atomic E-state index is 9.91. The first-order valence-corrected chi connectivity index (χ1v) is 5.20. The summed E-state index contributed by atoms with van der Waals surface area (Å²) >= 11 is 0. The van der Waals surface area contributed by atoms with E-state index in [-0.39, 0.29) is 5.75 Å². The molecule has 0 aromatic heterocycles. The summed E-state index contributed by atoms with van der Waals surface area (Å²) in [5.74, 6) is 1.12. The van der Waals surface area contributed by atoms with Crippen LogP contribution in [-0.4, -0.2) is 18.3 Å². The van der Waals surface area contributed by atoms with E-state index in [0.29, 0.717) is 24.7 Å². The lowest BCUT2D eigenvalue weighted by Crippen LogP contribution is -1.99. The van der Waals surface area contributed by atoms with Crippen LogP contribution in [0.4, 0.5) is 0 Å². The standard InChI is InChI=1S/C12H18O3/c1-5-14-10-7-8(3)9(4)12(11(10)13)15-6-2/h7,13H,5-6H2,1-4H3. The minimum Gasteiger partial charge on any atom is -0.502 e. The van der Waals surface area contributed by atoms with Gasteiger partial charge >= 0.3 is 0 Å². The second-order valence-corrected chi connectivity index (χ2v) is 3.36. The van der Waals surface area contributed by atoms with Gasteiger partial charge in [0.1, 0.15) is 0 Å². The van der Waals surface area contributed by atoms with Gasteiger partial charge in [-0.3, -0.25) is 0 Å². The van der Waals surface area contributed by atoms with Crippen molar-refractivity contribution in [3.63, 3.8) is 0 Å². The van der Waals surface area contributed by atoms with E-state index >= 15 is 0 Å². The molecule has 3 heteroatoms. The monoisotopic (exact) mass is 210 g/mol. The van der Waals surface area contributed by atoms with Gasteiger partial charge in [-0.25, -0.2) is 0 Å². The minimum atomic E-state index is 0.0989. The lowest BCUT2D eigenvalue weighted by Gasteiger charge is -2.15. The second kappa shape index (κ2) is 4.91. The van der Waals surface area contributed by atoms with Gasteiger partial charge in [-0.2, -0.15) is 0 Å². The molecule has 0 unspecified atom stereocenters. The van der Waals surface area contributed by atoms with Gasteiger partial charge in [-0.15, -0.1) is 0 Å². The van der Waals surface area contributed by atoms with Gasteiger partial charge in [0.05, 0.1) is 13.2 Å². The zero-order valence-electron chi connectivity index (χ0n) is 9.76. The van der Waals surface area contributed by atoms with Gasteiger partial charge in [0, 0.05) is 0 Å². The number of aromatic hydroxyl groups is 1. The van der Waals surface area contributed by atoms with Crippen LogP contribution in [0.1, 0.15) is 25.0 Å². The molecule has 0 saturated carbocycles. The van der Waals surface area contributed by atoms with Crippen LogP contribution >= 0.6 is 0 Å². The Morgan fingerprint density at radius 3 is 2.27 bits per heavy atom. The van der Waals surface area contributed by atoms with E-state index in [1.165, 1.54) is 0 Å². The first-order chi connectivity index (χ1) is 7.11. The summed E-state index contributed by atoms with van der Waals surface area (Å²) in [5.41, 5.74) is 2.01. The van der Waals surface area contributed by atoms with Gasteiger partial charge in [0.15, 0.2) is 11.5 Å². The highest BCUT2D eigenvalue weighted by Gasteiger charge is 2.14. The predicted molar refractivity (Wildman–Crippen MR) is 59.9 cm³/mol. The van der Waals surface area contributed by atoms with Crippen LogP contribution in [0, 0.1) is 13.8 Å². The molecule has 0 heterocycles. The van der Waals surface area contributed by atoms with E-state index in [4.69, 9.17) is 9.47 Å². The molecule has 84 valence electrons. The molecule has 0 fully saturated rings. The minimum absolute atomic E-state index is 0.0989. The van der Waals surface area contributed by atoms with Crippen LogP contribution < -0.4 is 9.47 Å². The summed E-state index contributed by atoms with van der Waals surface area (Å²) in [5, 5.41) is 9.91. The Bertz CT molecular complexity index is 345. The van der Waals surface area contributed by atoms with Crippen molar-refractivity contribution in [1.82, 2.24) is 0 Å². The van der Waals surface area contributed by atoms with E-state index < -0.39 is 0 Å². The number of hydrogen-bond donors (Lipinski definition) is 1. The smallest absolute Gasteiger partial charge is 0.201 e. The molecular weight excluding hydrogens is 192 g/mol. The van der Waals surface area contributed by atoms with Crippen molar-refractivity contribution in [1.29, 1.82) is 0 Å². The molecule has 0 spiro atoms. The lowest BCUT2D eigenvalue weighted by molar-refractivity contribution is 0.288. The van der Waals surface area contributed by atoms with Crippen LogP contribution in [0.5, 0.6) is 17.2 Å². The van der Waals surface area contributed by atoms with Crippen LogP contribution in [0.2, 0.25) is 0 Å². The van der Waals surface area contributed by atoms with E-state index in [2.05, 4.69) is 0 Å². The van der Waals surface area contributed by atoms with Crippen LogP contribution in [-0.2, 0) is 0 Å². The molecule has 0 aliphatic rings. The first kappa shape index (κ1) is 11.7. The topological polar surface area (TPSA) is 38.7 Å². The third kappa shape index (κ3) is 2.35. The Kier molecular flexibility index (Phi) is 3.83. The molecule has 3 nitrogen and oxygen atoms in total. The molecule has 1 aromatic carbocycles. The fourth-order valence-corrected chi connectivity index (χ4v) is 1.43. The summed E-state index contributed by atoms with van der Waals surface area (Å²) in [6.07, 6.45) is 0. The molecule has 0 amide bonds. The maximum absolute atomic E-state index is 9.91. The van der Waals surface area contributed by atoms with Gasteiger partial charge in [0.25, 0.3) is 0 Å². The van der Waals surface area contributed by atoms with Gasteiger partial charge in [-0.1, -0.05) is 0 Å². The van der Waals surface area contributed by atoms with E-state index in [0.717, 1.165) is 11.1 Å². The van der Waals surface area contributed by atoms with Crippen molar-refractivity contribution < 1.29 is 14.6 Å². The Labute approximate surface area is 90.6 Å². The van der Waals surface area contributed by atoms with E-state index in [1.54, 1.807) is 0 Å². The predicted octanol–water partition coefficient (Wildman–Crippen LogP) is 2.81. The summed E-state index contributed by atoms with van der Waals surface area (Å²) in [4.78, 5) is 0. The van der Waals surface area contributed by atoms with E-state index in [1.807, 2.05) is 33.8 Å². The molecule has 0 aliphatic carbocycles. The zero-order valence-corrected chi connectivity index (χ0v) is 9.76. The zero-order chi connectivity index (χ0) is 11.4. The second-order valence-electron chi connectivity index (χ2n) is 3.36. The Hall–Kier alpha value is -1.38. The highest BCUT2D eigenvalue weighted by atomic mass is 16.5. The largest absolute Gasteiger partial charge is 0.502 e. The van der Waals surface area contributed by atoms with Crippen molar-refractivity contribution in [3.8, 4) is 17.2 Å². The molecule has 1 N–H and O–H groups in total. The third-order valence-corrected chi connectivity index (χ3v) is 2.32. The van der Waals surface area contributed by atoms with Gasteiger partial charge in [-0.05, 0) is 44.9 Å². The summed E-state index contributed by atoms with van der Waals surface area (Å²) in [7, 11) is 0. The molecular formula is C12H18O3. The van der Waals surface area contributed by atoms with Crippen LogP contribution in [0.3, 0.4) is 0 Å². The highest BCUT2D eigenvalue weighted by molar-refractivity contribution is 5.57. The molecule has 1 aromatic rings. The number of phenolic OH excluding ortho intramolecular Hbond substituents is 1. The molecule has 0 atom stereocenters. The molecule has 15 heavy (non-hydrogen) atoms. The normalized spacial score (nSPS) is 10.1. The average Bonchev–Trinajstić information content (AvgIpc) is 2.21. The Balaban J connectivity index is 3.22. The Morgan fingerprint density at radius 2 is 1.73 bits per heavy atom. The molecule has 0 aliphatic heterocycles. The van der Waals surface area contributed by atoms with Crippen LogP contribution in [0.25, 0.3) is 0 Å². The number of phenols is 1. The van der Waals surface area contributed by atoms with E-state index in [9.17, 15) is 5.11 Å². The van der Waals surface area contributed by atoms with Crippen molar-refractivity contribution in [2.75, 3.05) is 13.2 Å². The number of hydrogen-bond acceptors (Lipinski definition) is 3. The van der Waals surface area contributed by atoms with Crippen molar-refractivity contribution in [2.24, 2.45) is 0 Å². The lowest BCUT2D eigenvalue weighted by atomic mass is 10.1. The average molecular weight is 210 g/mol. The first-order valence-electron chi connectivity index (χ1n) is 5.20. The third-order valence-electron chi connectivity index (χ3n) is 2.32. The van der Waals surface area contributed by atoms with Crippen molar-refractivity contribution in [3.05, 3.63) is 17.2 Å². The quantitative estimate of drug-likeness (QED) is 0.830. The van der Waals surface area contributed by atoms with Gasteiger partial charge < -0.3 is 14.6 Å². The number of rotatable bonds is 4. The highest BCUT2D eigenvalue weighted by Crippen LogP contribution is 2.40. The van der Waals surface area contributed by atoms with Crippen LogP contribution in [0.15, 0.2) is 6.07 Å². The fourth-order valence-electron chi connectivity index (χ4n) is 1.43. The summed E-state index contributed by atoms with van der Waals surface area (Å²) in [6, 6.07) is 1.83. The number of ether oxygens (including phenoxy) is 2. The molecule has 0 bridgehead atoms. The molecule has 0 radical (unpaired) electrons. The summed E-state index contributed by atoms with van der Waals surface area (Å²) < 4.78 is 10.7. The maximum Gasteiger partial charge on any atom is 0.201 e. The van der Waals surface area contributed by atoms with Gasteiger partial charge in [0.2, 0.25) is 5.75 Å². The Morgan fingerprint density at radius 1 is 1.13 bits per heavy atom. The van der Waals surface area contributed by atoms with Crippen molar-refractivity contribution in [2.45, 2.75) is 27.7 Å². The molecule has 1 rings (SSSR count). The van der Waals surface area contributed by atoms with Crippen molar-refractivity contribution >= 4 is 0 Å². The fraction of sp³-hybridized carbons (Fsp3) is 0.500. The summed E-state index contributed by atoms with van der Waals surface area (Å²) in [6.45, 7) is 8.73. The molecule has 0 saturated heterocycles. The SMILES string of the molecule is CCOc1cc(C)c(C)c(OCC)c1O. The number of benzene rings is 1.